The molecule has 6 nitrogen and oxygen atoms in total. The number of aromatic nitrogens is 2. The van der Waals surface area contributed by atoms with Crippen LogP contribution in [0.5, 0.6) is 0 Å². The van der Waals surface area contributed by atoms with Crippen LogP contribution in [0.3, 0.4) is 0 Å². The van der Waals surface area contributed by atoms with Crippen molar-refractivity contribution in [1.29, 1.82) is 0 Å². The minimum Gasteiger partial charge on any atom is -0.478 e. The van der Waals surface area contributed by atoms with E-state index in [4.69, 9.17) is 9.63 Å². The maximum Gasteiger partial charge on any atom is 0.335 e. The van der Waals surface area contributed by atoms with Crippen LogP contribution in [0.4, 0.5) is 0 Å². The van der Waals surface area contributed by atoms with Crippen molar-refractivity contribution in [1.82, 2.24) is 15.0 Å². The minimum absolute atomic E-state index is 0.114. The van der Waals surface area contributed by atoms with Gasteiger partial charge in [-0.1, -0.05) is 23.7 Å². The summed E-state index contributed by atoms with van der Waals surface area (Å²) in [7, 11) is 0. The van der Waals surface area contributed by atoms with E-state index in [1.807, 2.05) is 13.0 Å². The molecule has 1 aromatic heterocycles. The average Bonchev–Trinajstić information content (AvgIpc) is 2.94. The molecule has 1 unspecified atom stereocenters. The molecule has 6 heteroatoms. The molecule has 1 saturated heterocycles. The lowest BCUT2D eigenvalue weighted by atomic mass is 10.0. The molecule has 1 aromatic carbocycles. The van der Waals surface area contributed by atoms with Gasteiger partial charge in [-0.3, -0.25) is 4.90 Å². The van der Waals surface area contributed by atoms with Gasteiger partial charge in [-0.2, -0.15) is 4.98 Å². The smallest absolute Gasteiger partial charge is 0.335 e. The fourth-order valence-electron chi connectivity index (χ4n) is 2.95. The molecule has 0 spiro atoms. The lowest BCUT2D eigenvalue weighted by molar-refractivity contribution is 0.0696. The van der Waals surface area contributed by atoms with E-state index in [-0.39, 0.29) is 6.04 Å². The van der Waals surface area contributed by atoms with Gasteiger partial charge in [-0.15, -0.1) is 0 Å². The molecule has 1 atom stereocenters. The summed E-state index contributed by atoms with van der Waals surface area (Å²) in [6.45, 7) is 3.45. The molecule has 0 amide bonds. The van der Waals surface area contributed by atoms with Crippen LogP contribution in [0.2, 0.25) is 0 Å². The second-order valence-electron chi connectivity index (χ2n) is 5.67. The second-order valence-corrected chi connectivity index (χ2v) is 5.67. The molecule has 2 aromatic rings. The number of piperidine rings is 1. The Bertz CT molecular complexity index is 668. The monoisotopic (exact) mass is 301 g/mol. The summed E-state index contributed by atoms with van der Waals surface area (Å²) in [5, 5.41) is 13.0. The first-order valence-corrected chi connectivity index (χ1v) is 7.50. The lowest BCUT2D eigenvalue weighted by Crippen LogP contribution is -2.33. The summed E-state index contributed by atoms with van der Waals surface area (Å²) in [5.41, 5.74) is 1.31. The summed E-state index contributed by atoms with van der Waals surface area (Å²) in [6, 6.07) is 7.20. The number of rotatable bonds is 4. The van der Waals surface area contributed by atoms with Crippen LogP contribution in [0.25, 0.3) is 0 Å². The molecule has 0 bridgehead atoms. The number of aryl methyl sites for hydroxylation is 1. The van der Waals surface area contributed by atoms with Crippen LogP contribution < -0.4 is 0 Å². The Kier molecular flexibility index (Phi) is 4.20. The van der Waals surface area contributed by atoms with Crippen molar-refractivity contribution in [3.05, 3.63) is 47.1 Å². The van der Waals surface area contributed by atoms with E-state index in [0.717, 1.165) is 31.4 Å². The van der Waals surface area contributed by atoms with Gasteiger partial charge in [0, 0.05) is 6.54 Å². The fourth-order valence-corrected chi connectivity index (χ4v) is 2.95. The Balaban J connectivity index is 1.79. The fraction of sp³-hybridized carbons (Fsp3) is 0.438. The normalized spacial score (nSPS) is 19.2. The first-order valence-electron chi connectivity index (χ1n) is 7.50. The Hall–Kier alpha value is -2.21. The van der Waals surface area contributed by atoms with Gasteiger partial charge >= 0.3 is 5.97 Å². The predicted molar refractivity (Wildman–Crippen MR) is 79.4 cm³/mol. The molecule has 1 aliphatic heterocycles. The largest absolute Gasteiger partial charge is 0.478 e. The van der Waals surface area contributed by atoms with Gasteiger partial charge in [0.2, 0.25) is 5.89 Å². The topological polar surface area (TPSA) is 79.5 Å². The number of nitrogens with zero attached hydrogens (tertiary/aromatic N) is 3. The van der Waals surface area contributed by atoms with Crippen molar-refractivity contribution >= 4 is 5.97 Å². The lowest BCUT2D eigenvalue weighted by Gasteiger charge is -2.33. The summed E-state index contributed by atoms with van der Waals surface area (Å²) in [5.74, 6) is 0.407. The third kappa shape index (κ3) is 3.17. The minimum atomic E-state index is -0.899. The van der Waals surface area contributed by atoms with Crippen molar-refractivity contribution < 1.29 is 14.4 Å². The molecule has 2 heterocycles. The number of likely N-dealkylation sites (tertiary alicyclic amines) is 1. The maximum atomic E-state index is 11.1. The Morgan fingerprint density at radius 3 is 3.05 bits per heavy atom. The van der Waals surface area contributed by atoms with E-state index in [1.165, 1.54) is 0 Å². The van der Waals surface area contributed by atoms with Crippen molar-refractivity contribution in [3.63, 3.8) is 0 Å². The first kappa shape index (κ1) is 14.7. The number of hydrogen-bond donors (Lipinski definition) is 1. The third-order valence-corrected chi connectivity index (χ3v) is 4.00. The summed E-state index contributed by atoms with van der Waals surface area (Å²) < 4.78 is 5.34. The molecule has 1 N–H and O–H groups in total. The zero-order chi connectivity index (χ0) is 15.5. The zero-order valence-electron chi connectivity index (χ0n) is 12.5. The van der Waals surface area contributed by atoms with Gasteiger partial charge in [0.15, 0.2) is 5.82 Å². The van der Waals surface area contributed by atoms with Gasteiger partial charge in [0.1, 0.15) is 0 Å². The zero-order valence-corrected chi connectivity index (χ0v) is 12.5. The third-order valence-electron chi connectivity index (χ3n) is 4.00. The molecule has 1 aliphatic rings. The molecule has 1 fully saturated rings. The predicted octanol–water partition coefficient (Wildman–Crippen LogP) is 2.80. The highest BCUT2D eigenvalue weighted by Crippen LogP contribution is 2.31. The molecule has 116 valence electrons. The van der Waals surface area contributed by atoms with Gasteiger partial charge in [0.05, 0.1) is 11.6 Å². The van der Waals surface area contributed by atoms with Crippen LogP contribution in [-0.2, 0) is 6.54 Å². The van der Waals surface area contributed by atoms with Crippen LogP contribution in [0, 0.1) is 6.92 Å². The molecule has 0 aliphatic carbocycles. The number of carboxylic acids is 1. The quantitative estimate of drug-likeness (QED) is 0.935. The summed E-state index contributed by atoms with van der Waals surface area (Å²) in [6.07, 6.45) is 3.25. The standard InChI is InChI=1S/C16H19N3O3/c1-11-17-15(22-18-11)14-7-2-3-8-19(14)10-12-5-4-6-13(9-12)16(20)21/h4-6,9,14H,2-3,7-8,10H2,1H3,(H,20,21). The highest BCUT2D eigenvalue weighted by atomic mass is 16.5. The van der Waals surface area contributed by atoms with E-state index in [2.05, 4.69) is 15.0 Å². The molecule has 22 heavy (non-hydrogen) atoms. The van der Waals surface area contributed by atoms with Crippen LogP contribution in [0.1, 0.15) is 52.9 Å². The van der Waals surface area contributed by atoms with E-state index in [9.17, 15) is 4.79 Å². The van der Waals surface area contributed by atoms with Gasteiger partial charge in [0.25, 0.3) is 0 Å². The Morgan fingerprint density at radius 2 is 2.32 bits per heavy atom. The number of aromatic carboxylic acids is 1. The van der Waals surface area contributed by atoms with E-state index >= 15 is 0 Å². The van der Waals surface area contributed by atoms with Crippen LogP contribution in [-0.4, -0.2) is 32.7 Å². The van der Waals surface area contributed by atoms with Gasteiger partial charge in [-0.05, 0) is 44.0 Å². The van der Waals surface area contributed by atoms with Crippen molar-refractivity contribution in [2.75, 3.05) is 6.54 Å². The molecular formula is C16H19N3O3. The molecule has 0 saturated carbocycles. The molecular weight excluding hydrogens is 282 g/mol. The molecule has 3 rings (SSSR count). The number of benzene rings is 1. The van der Waals surface area contributed by atoms with Crippen LogP contribution in [0.15, 0.2) is 28.8 Å². The maximum absolute atomic E-state index is 11.1. The Morgan fingerprint density at radius 1 is 1.45 bits per heavy atom. The van der Waals surface area contributed by atoms with Gasteiger partial charge in [-0.25, -0.2) is 4.79 Å². The van der Waals surface area contributed by atoms with Gasteiger partial charge < -0.3 is 9.63 Å². The average molecular weight is 301 g/mol. The second kappa shape index (κ2) is 6.27. The first-order chi connectivity index (χ1) is 10.6. The van der Waals surface area contributed by atoms with E-state index < -0.39 is 5.97 Å². The van der Waals surface area contributed by atoms with Crippen LogP contribution >= 0.6 is 0 Å². The summed E-state index contributed by atoms with van der Waals surface area (Å²) in [4.78, 5) is 17.7. The van der Waals surface area contributed by atoms with Crippen molar-refractivity contribution in [3.8, 4) is 0 Å². The number of carboxylic acid groups (broad SMARTS) is 1. The highest BCUT2D eigenvalue weighted by Gasteiger charge is 2.28. The van der Waals surface area contributed by atoms with E-state index in [0.29, 0.717) is 23.8 Å². The number of hydrogen-bond acceptors (Lipinski definition) is 5. The van der Waals surface area contributed by atoms with Crippen molar-refractivity contribution in [2.24, 2.45) is 0 Å². The Labute approximate surface area is 128 Å². The van der Waals surface area contributed by atoms with Crippen molar-refractivity contribution in [2.45, 2.75) is 38.8 Å². The van der Waals surface area contributed by atoms with E-state index in [1.54, 1.807) is 18.2 Å². The summed E-state index contributed by atoms with van der Waals surface area (Å²) >= 11 is 0. The number of carbonyl (C=O) groups is 1. The SMILES string of the molecule is Cc1noc(C2CCCCN2Cc2cccc(C(=O)O)c2)n1. The molecule has 0 radical (unpaired) electrons. The highest BCUT2D eigenvalue weighted by molar-refractivity contribution is 5.87.